The largest absolute Gasteiger partial charge is 0.326 e. The number of nitrogens with one attached hydrogen (secondary N) is 1. The van der Waals surface area contributed by atoms with E-state index in [0.29, 0.717) is 5.91 Å². The Morgan fingerprint density at radius 3 is 2.59 bits per heavy atom. The van der Waals surface area contributed by atoms with Gasteiger partial charge in [-0.15, -0.1) is 0 Å². The molecule has 3 heteroatoms. The number of amides is 1. The molecular formula is C14H24N2O. The molecule has 3 rings (SSSR count). The van der Waals surface area contributed by atoms with E-state index in [4.69, 9.17) is 0 Å². The summed E-state index contributed by atoms with van der Waals surface area (Å²) in [5.74, 6) is 1.29. The lowest BCUT2D eigenvalue weighted by molar-refractivity contribution is -0.133. The first-order valence-electron chi connectivity index (χ1n) is 7.30. The van der Waals surface area contributed by atoms with E-state index in [-0.39, 0.29) is 11.7 Å². The first kappa shape index (κ1) is 11.5. The van der Waals surface area contributed by atoms with Crippen molar-refractivity contribution >= 4 is 5.91 Å². The van der Waals surface area contributed by atoms with Gasteiger partial charge in [0.15, 0.2) is 0 Å². The van der Waals surface area contributed by atoms with Crippen LogP contribution in [-0.2, 0) is 4.79 Å². The van der Waals surface area contributed by atoms with Crippen LogP contribution in [0.4, 0.5) is 0 Å². The highest BCUT2D eigenvalue weighted by Crippen LogP contribution is 2.37. The van der Waals surface area contributed by atoms with E-state index in [1.165, 1.54) is 38.5 Å². The molecular weight excluding hydrogens is 212 g/mol. The summed E-state index contributed by atoms with van der Waals surface area (Å²) in [5.41, 5.74) is -0.168. The van der Waals surface area contributed by atoms with E-state index in [2.05, 4.69) is 17.1 Å². The molecule has 1 unspecified atom stereocenters. The standard InChI is InChI=1S/C14H24N2O/c1-11-15-14(8-2-3-9-14)13(17)16(11)10-7-12-5-4-6-12/h11-12,15H,2-10H2,1H3. The van der Waals surface area contributed by atoms with Crippen LogP contribution in [0.3, 0.4) is 0 Å². The van der Waals surface area contributed by atoms with Crippen molar-refractivity contribution in [2.45, 2.75) is 70.0 Å². The van der Waals surface area contributed by atoms with Crippen LogP contribution in [0, 0.1) is 5.92 Å². The lowest BCUT2D eigenvalue weighted by atomic mass is 9.83. The molecule has 0 aromatic heterocycles. The van der Waals surface area contributed by atoms with Gasteiger partial charge in [-0.25, -0.2) is 0 Å². The van der Waals surface area contributed by atoms with Gasteiger partial charge >= 0.3 is 0 Å². The summed E-state index contributed by atoms with van der Waals surface area (Å²) in [6.07, 6.45) is 10.2. The van der Waals surface area contributed by atoms with Crippen molar-refractivity contribution in [3.05, 3.63) is 0 Å². The van der Waals surface area contributed by atoms with E-state index in [9.17, 15) is 4.79 Å². The highest BCUT2D eigenvalue weighted by Gasteiger charge is 2.50. The van der Waals surface area contributed by atoms with Crippen molar-refractivity contribution in [2.75, 3.05) is 6.54 Å². The molecule has 2 aliphatic carbocycles. The van der Waals surface area contributed by atoms with Crippen molar-refractivity contribution < 1.29 is 4.79 Å². The first-order chi connectivity index (χ1) is 8.21. The fourth-order valence-electron chi connectivity index (χ4n) is 3.73. The number of rotatable bonds is 3. The third-order valence-corrected chi connectivity index (χ3v) is 5.08. The second-order valence-electron chi connectivity index (χ2n) is 6.19. The Morgan fingerprint density at radius 2 is 2.00 bits per heavy atom. The zero-order chi connectivity index (χ0) is 11.9. The quantitative estimate of drug-likeness (QED) is 0.815. The Balaban J connectivity index is 1.61. The molecule has 0 bridgehead atoms. The number of carbonyl (C=O) groups is 1. The van der Waals surface area contributed by atoms with Gasteiger partial charge in [-0.2, -0.15) is 0 Å². The van der Waals surface area contributed by atoms with Gasteiger partial charge in [-0.05, 0) is 32.1 Å². The summed E-state index contributed by atoms with van der Waals surface area (Å²) in [5, 5.41) is 3.57. The average molecular weight is 236 g/mol. The summed E-state index contributed by atoms with van der Waals surface area (Å²) in [7, 11) is 0. The fourth-order valence-corrected chi connectivity index (χ4v) is 3.73. The minimum Gasteiger partial charge on any atom is -0.326 e. The third-order valence-electron chi connectivity index (χ3n) is 5.08. The van der Waals surface area contributed by atoms with Gasteiger partial charge in [0.1, 0.15) is 0 Å². The topological polar surface area (TPSA) is 32.3 Å². The van der Waals surface area contributed by atoms with Crippen LogP contribution in [0.25, 0.3) is 0 Å². The van der Waals surface area contributed by atoms with Crippen LogP contribution in [0.1, 0.15) is 58.3 Å². The zero-order valence-electron chi connectivity index (χ0n) is 10.9. The summed E-state index contributed by atoms with van der Waals surface area (Å²) >= 11 is 0. The van der Waals surface area contributed by atoms with Crippen molar-refractivity contribution in [1.82, 2.24) is 10.2 Å². The summed E-state index contributed by atoms with van der Waals surface area (Å²) in [6.45, 7) is 3.12. The van der Waals surface area contributed by atoms with Gasteiger partial charge in [-0.1, -0.05) is 32.1 Å². The monoisotopic (exact) mass is 236 g/mol. The van der Waals surface area contributed by atoms with Crippen molar-refractivity contribution in [3.8, 4) is 0 Å². The Bertz CT molecular complexity index is 305. The number of hydrogen-bond donors (Lipinski definition) is 1. The molecule has 1 N–H and O–H groups in total. The molecule has 3 nitrogen and oxygen atoms in total. The molecule has 3 fully saturated rings. The van der Waals surface area contributed by atoms with E-state index >= 15 is 0 Å². The SMILES string of the molecule is CC1NC2(CCCC2)C(=O)N1CCC1CCC1. The summed E-state index contributed by atoms with van der Waals surface area (Å²) in [6, 6.07) is 0. The molecule has 1 aliphatic heterocycles. The van der Waals surface area contributed by atoms with Crippen LogP contribution in [0.15, 0.2) is 0 Å². The number of hydrogen-bond acceptors (Lipinski definition) is 2. The number of nitrogens with zero attached hydrogens (tertiary/aromatic N) is 1. The number of carbonyl (C=O) groups excluding carboxylic acids is 1. The van der Waals surface area contributed by atoms with Gasteiger partial charge in [0, 0.05) is 6.54 Å². The zero-order valence-corrected chi connectivity index (χ0v) is 10.9. The predicted octanol–water partition coefficient (Wildman–Crippen LogP) is 2.27. The van der Waals surface area contributed by atoms with E-state index < -0.39 is 0 Å². The van der Waals surface area contributed by atoms with Gasteiger partial charge in [-0.3, -0.25) is 10.1 Å². The van der Waals surface area contributed by atoms with Crippen LogP contribution in [0.2, 0.25) is 0 Å². The van der Waals surface area contributed by atoms with Gasteiger partial charge in [0.2, 0.25) is 5.91 Å². The normalized spacial score (nSPS) is 32.4. The van der Waals surface area contributed by atoms with Crippen LogP contribution >= 0.6 is 0 Å². The molecule has 1 spiro atoms. The van der Waals surface area contributed by atoms with Crippen molar-refractivity contribution in [1.29, 1.82) is 0 Å². The average Bonchev–Trinajstić information content (AvgIpc) is 2.77. The third kappa shape index (κ3) is 1.88. The van der Waals surface area contributed by atoms with Crippen LogP contribution in [-0.4, -0.2) is 29.1 Å². The Labute approximate surface area is 104 Å². The molecule has 2 saturated carbocycles. The molecule has 0 radical (unpaired) electrons. The van der Waals surface area contributed by atoms with Crippen molar-refractivity contribution in [3.63, 3.8) is 0 Å². The highest BCUT2D eigenvalue weighted by molar-refractivity contribution is 5.89. The van der Waals surface area contributed by atoms with Crippen molar-refractivity contribution in [2.24, 2.45) is 5.92 Å². The van der Waals surface area contributed by atoms with E-state index in [1.807, 2.05) is 0 Å². The van der Waals surface area contributed by atoms with Crippen LogP contribution in [0.5, 0.6) is 0 Å². The molecule has 3 aliphatic rings. The maximum Gasteiger partial charge on any atom is 0.244 e. The molecule has 0 aromatic rings. The molecule has 96 valence electrons. The molecule has 1 heterocycles. The fraction of sp³-hybridized carbons (Fsp3) is 0.929. The molecule has 17 heavy (non-hydrogen) atoms. The van der Waals surface area contributed by atoms with Gasteiger partial charge in [0.05, 0.1) is 11.7 Å². The van der Waals surface area contributed by atoms with E-state index in [0.717, 1.165) is 25.3 Å². The summed E-state index contributed by atoms with van der Waals surface area (Å²) in [4.78, 5) is 14.6. The minimum absolute atomic E-state index is 0.168. The maximum atomic E-state index is 12.5. The molecule has 1 saturated heterocycles. The smallest absolute Gasteiger partial charge is 0.244 e. The second-order valence-corrected chi connectivity index (χ2v) is 6.19. The highest BCUT2D eigenvalue weighted by atomic mass is 16.2. The van der Waals surface area contributed by atoms with Gasteiger partial charge < -0.3 is 4.90 Å². The summed E-state index contributed by atoms with van der Waals surface area (Å²) < 4.78 is 0. The predicted molar refractivity (Wildman–Crippen MR) is 67.5 cm³/mol. The Kier molecular flexibility index (Phi) is 2.89. The lowest BCUT2D eigenvalue weighted by Crippen LogP contribution is -2.44. The van der Waals surface area contributed by atoms with Crippen LogP contribution < -0.4 is 5.32 Å². The molecule has 0 aromatic carbocycles. The molecule has 1 amide bonds. The van der Waals surface area contributed by atoms with Gasteiger partial charge in [0.25, 0.3) is 0 Å². The second kappa shape index (κ2) is 4.27. The Hall–Kier alpha value is -0.570. The Morgan fingerprint density at radius 1 is 1.29 bits per heavy atom. The minimum atomic E-state index is -0.168. The first-order valence-corrected chi connectivity index (χ1v) is 7.30. The molecule has 1 atom stereocenters. The van der Waals surface area contributed by atoms with E-state index in [1.54, 1.807) is 0 Å². The lowest BCUT2D eigenvalue weighted by Gasteiger charge is -2.29. The maximum absolute atomic E-state index is 12.5.